The number of thioether (sulfide) groups is 1. The molecule has 5 heteroatoms. The quantitative estimate of drug-likeness (QED) is 0.409. The number of phenolic OH excluding ortho intramolecular Hbond substituents is 1. The van der Waals surface area contributed by atoms with E-state index in [0.29, 0.717) is 24.7 Å². The van der Waals surface area contributed by atoms with Crippen molar-refractivity contribution < 1.29 is 14.6 Å². The van der Waals surface area contributed by atoms with Crippen LogP contribution in [0.2, 0.25) is 0 Å². The van der Waals surface area contributed by atoms with E-state index in [9.17, 15) is 5.11 Å². The van der Waals surface area contributed by atoms with Crippen LogP contribution in [0.4, 0.5) is 5.69 Å². The molecule has 0 radical (unpaired) electrons. The van der Waals surface area contributed by atoms with Crippen molar-refractivity contribution >= 4 is 17.4 Å². The zero-order chi connectivity index (χ0) is 16.6. The first kappa shape index (κ1) is 18.7. The van der Waals surface area contributed by atoms with E-state index >= 15 is 0 Å². The van der Waals surface area contributed by atoms with Crippen LogP contribution < -0.4 is 10.5 Å². The van der Waals surface area contributed by atoms with Crippen molar-refractivity contribution in [3.8, 4) is 11.5 Å². The number of aromatic hydroxyl groups is 1. The zero-order valence-corrected chi connectivity index (χ0v) is 14.5. The van der Waals surface area contributed by atoms with Crippen molar-refractivity contribution in [2.75, 3.05) is 31.3 Å². The average molecular weight is 325 g/mol. The normalized spacial score (nSPS) is 11.4. The van der Waals surface area contributed by atoms with Gasteiger partial charge in [0.15, 0.2) is 0 Å². The maximum absolute atomic E-state index is 10.1. The highest BCUT2D eigenvalue weighted by Gasteiger charge is 2.21. The molecule has 1 rings (SSSR count). The number of benzene rings is 1. The molecule has 3 N–H and O–H groups in total. The van der Waals surface area contributed by atoms with Gasteiger partial charge in [-0.05, 0) is 16.9 Å². The van der Waals surface area contributed by atoms with Gasteiger partial charge in [0.1, 0.15) is 11.5 Å². The van der Waals surface area contributed by atoms with E-state index in [-0.39, 0.29) is 11.2 Å². The van der Waals surface area contributed by atoms with E-state index < -0.39 is 0 Å². The molecule has 0 saturated heterocycles. The molecule has 0 saturated carbocycles. The Bertz CT molecular complexity index is 484. The van der Waals surface area contributed by atoms with Crippen molar-refractivity contribution in [2.45, 2.75) is 32.6 Å². The van der Waals surface area contributed by atoms with Gasteiger partial charge in [-0.15, -0.1) is 11.8 Å². The van der Waals surface area contributed by atoms with E-state index in [1.54, 1.807) is 17.8 Å². The fourth-order valence-corrected chi connectivity index (χ4v) is 2.31. The summed E-state index contributed by atoms with van der Waals surface area (Å²) in [5.74, 6) is 1.75. The number of nitrogens with two attached hydrogens (primary N) is 1. The molecule has 0 spiro atoms. The second-order valence-electron chi connectivity index (χ2n) is 6.01. The smallest absolute Gasteiger partial charge is 0.142 e. The largest absolute Gasteiger partial charge is 0.505 e. The first-order valence-corrected chi connectivity index (χ1v) is 8.47. The van der Waals surface area contributed by atoms with E-state index in [1.807, 2.05) is 32.2 Å². The molecule has 124 valence electrons. The molecule has 0 heterocycles. The van der Waals surface area contributed by atoms with Crippen molar-refractivity contribution in [2.24, 2.45) is 0 Å². The van der Waals surface area contributed by atoms with Gasteiger partial charge in [-0.25, -0.2) is 0 Å². The number of ether oxygens (including phenoxy) is 2. The van der Waals surface area contributed by atoms with Crippen molar-refractivity contribution in [1.82, 2.24) is 0 Å². The summed E-state index contributed by atoms with van der Waals surface area (Å²) in [6.07, 6.45) is 0.810. The molecular weight excluding hydrogens is 298 g/mol. The van der Waals surface area contributed by atoms with Crippen LogP contribution in [-0.4, -0.2) is 30.7 Å². The van der Waals surface area contributed by atoms with Gasteiger partial charge >= 0.3 is 0 Å². The van der Waals surface area contributed by atoms with Crippen molar-refractivity contribution in [3.05, 3.63) is 29.7 Å². The Hall–Kier alpha value is -1.33. The molecule has 1 aromatic rings. The third-order valence-electron chi connectivity index (χ3n) is 3.09. The summed E-state index contributed by atoms with van der Waals surface area (Å²) < 4.78 is 11.2. The fraction of sp³-hybridized carbons (Fsp3) is 0.529. The summed E-state index contributed by atoms with van der Waals surface area (Å²) in [6.45, 7) is 11.7. The lowest BCUT2D eigenvalue weighted by Crippen LogP contribution is -2.13. The first-order chi connectivity index (χ1) is 10.4. The highest BCUT2D eigenvalue weighted by atomic mass is 32.2. The van der Waals surface area contributed by atoms with E-state index in [0.717, 1.165) is 24.3 Å². The second kappa shape index (κ2) is 8.96. The third kappa shape index (κ3) is 6.20. The number of phenols is 1. The van der Waals surface area contributed by atoms with Gasteiger partial charge in [0.05, 0.1) is 18.9 Å². The van der Waals surface area contributed by atoms with Crippen molar-refractivity contribution in [1.29, 1.82) is 0 Å². The average Bonchev–Trinajstić information content (AvgIpc) is 2.44. The van der Waals surface area contributed by atoms with Crippen LogP contribution in [0.5, 0.6) is 11.5 Å². The summed E-state index contributed by atoms with van der Waals surface area (Å²) in [6, 6.07) is 3.51. The summed E-state index contributed by atoms with van der Waals surface area (Å²) in [5.41, 5.74) is 6.80. The fourth-order valence-electron chi connectivity index (χ4n) is 1.93. The topological polar surface area (TPSA) is 64.7 Å². The molecule has 0 amide bonds. The summed E-state index contributed by atoms with van der Waals surface area (Å²) in [7, 11) is 0. The summed E-state index contributed by atoms with van der Waals surface area (Å²) >= 11 is 1.65. The molecule has 0 aliphatic carbocycles. The number of nitrogen functional groups attached to an aromatic ring is 1. The Morgan fingerprint density at radius 1 is 1.27 bits per heavy atom. The molecule has 0 aliphatic rings. The van der Waals surface area contributed by atoms with Crippen LogP contribution in [0, 0.1) is 0 Å². The maximum Gasteiger partial charge on any atom is 0.142 e. The molecule has 0 aliphatic heterocycles. The molecule has 0 unspecified atom stereocenters. The molecule has 0 aromatic heterocycles. The number of hydrogen-bond donors (Lipinski definition) is 2. The standard InChI is InChI=1S/C17H27NO3S/c1-5-22-10-9-20-7-6-8-21-13-11-14(17(2,3)4)16(19)15(18)12-13/h5,11-12,19H,1,6-10,18H2,2-4H3. The maximum atomic E-state index is 10.1. The van der Waals surface area contributed by atoms with Gasteiger partial charge in [-0.2, -0.15) is 0 Å². The lowest BCUT2D eigenvalue weighted by atomic mass is 9.86. The van der Waals surface area contributed by atoms with Gasteiger partial charge in [-0.3, -0.25) is 0 Å². The van der Waals surface area contributed by atoms with Gasteiger partial charge in [-0.1, -0.05) is 27.4 Å². The third-order valence-corrected chi connectivity index (χ3v) is 3.72. The Kier molecular flexibility index (Phi) is 7.62. The lowest BCUT2D eigenvalue weighted by Gasteiger charge is -2.22. The van der Waals surface area contributed by atoms with E-state index in [1.165, 1.54) is 0 Å². The highest BCUT2D eigenvalue weighted by molar-refractivity contribution is 8.02. The van der Waals surface area contributed by atoms with Crippen LogP contribution >= 0.6 is 11.8 Å². The molecule has 1 aromatic carbocycles. The second-order valence-corrected chi connectivity index (χ2v) is 7.09. The lowest BCUT2D eigenvalue weighted by molar-refractivity contribution is 0.133. The minimum absolute atomic E-state index is 0.142. The molecule has 0 bridgehead atoms. The SMILES string of the molecule is C=CSCCOCCCOc1cc(N)c(O)c(C(C)(C)C)c1. The minimum Gasteiger partial charge on any atom is -0.505 e. The molecular formula is C17H27NO3S. The van der Waals surface area contributed by atoms with Crippen LogP contribution in [0.1, 0.15) is 32.8 Å². The molecule has 0 atom stereocenters. The number of anilines is 1. The number of rotatable bonds is 9. The van der Waals surface area contributed by atoms with Gasteiger partial charge in [0.25, 0.3) is 0 Å². The molecule has 22 heavy (non-hydrogen) atoms. The predicted molar refractivity (Wildman–Crippen MR) is 94.8 cm³/mol. The number of hydrogen-bond acceptors (Lipinski definition) is 5. The first-order valence-electron chi connectivity index (χ1n) is 7.42. The van der Waals surface area contributed by atoms with Crippen molar-refractivity contribution in [3.63, 3.8) is 0 Å². The highest BCUT2D eigenvalue weighted by Crippen LogP contribution is 2.38. The summed E-state index contributed by atoms with van der Waals surface area (Å²) in [4.78, 5) is 0. The summed E-state index contributed by atoms with van der Waals surface area (Å²) in [5, 5.41) is 11.9. The predicted octanol–water partition coefficient (Wildman–Crippen LogP) is 3.93. The van der Waals surface area contributed by atoms with Crippen LogP contribution in [-0.2, 0) is 10.2 Å². The Labute approximate surface area is 137 Å². The van der Waals surface area contributed by atoms with Gasteiger partial charge in [0.2, 0.25) is 0 Å². The van der Waals surface area contributed by atoms with Gasteiger partial charge in [0, 0.05) is 30.4 Å². The minimum atomic E-state index is -0.191. The monoisotopic (exact) mass is 325 g/mol. The zero-order valence-electron chi connectivity index (χ0n) is 13.7. The Morgan fingerprint density at radius 2 is 2.00 bits per heavy atom. The van der Waals surface area contributed by atoms with E-state index in [2.05, 4.69) is 6.58 Å². The molecule has 0 fully saturated rings. The van der Waals surface area contributed by atoms with E-state index in [4.69, 9.17) is 15.2 Å². The van der Waals surface area contributed by atoms with Gasteiger partial charge < -0.3 is 20.3 Å². The Balaban J connectivity index is 2.43. The van der Waals surface area contributed by atoms with Crippen LogP contribution in [0.3, 0.4) is 0 Å². The van der Waals surface area contributed by atoms with Crippen LogP contribution in [0.15, 0.2) is 24.1 Å². The molecule has 4 nitrogen and oxygen atoms in total. The van der Waals surface area contributed by atoms with Crippen LogP contribution in [0.25, 0.3) is 0 Å². The Morgan fingerprint density at radius 3 is 2.64 bits per heavy atom.